The van der Waals surface area contributed by atoms with Crippen molar-refractivity contribution < 1.29 is 9.53 Å². The van der Waals surface area contributed by atoms with Crippen LogP contribution in [0.5, 0.6) is 5.75 Å². The first-order valence-corrected chi connectivity index (χ1v) is 8.47. The second-order valence-corrected chi connectivity index (χ2v) is 6.61. The van der Waals surface area contributed by atoms with E-state index in [2.05, 4.69) is 42.5 Å². The highest BCUT2D eigenvalue weighted by Crippen LogP contribution is 2.38. The molecule has 3 rings (SSSR count). The molecule has 2 aromatic rings. The van der Waals surface area contributed by atoms with E-state index >= 15 is 0 Å². The quantitative estimate of drug-likeness (QED) is 0.762. The third-order valence-corrected chi connectivity index (χ3v) is 4.43. The zero-order chi connectivity index (χ0) is 15.7. The fourth-order valence-electron chi connectivity index (χ4n) is 2.45. The van der Waals surface area contributed by atoms with Gasteiger partial charge in [0.2, 0.25) is 0 Å². The van der Waals surface area contributed by atoms with Crippen molar-refractivity contribution in [2.24, 2.45) is 0 Å². The molecule has 1 aliphatic heterocycles. The lowest BCUT2D eigenvalue weighted by atomic mass is 10.1. The second-order valence-electron chi connectivity index (χ2n) is 4.84. The number of nitrogens with one attached hydrogen (secondary N) is 2. The molecule has 1 unspecified atom stereocenters. The molecule has 1 amide bonds. The van der Waals surface area contributed by atoms with Crippen LogP contribution in [0.3, 0.4) is 0 Å². The van der Waals surface area contributed by atoms with Gasteiger partial charge in [-0.2, -0.15) is 0 Å². The van der Waals surface area contributed by atoms with E-state index in [1.807, 2.05) is 37.3 Å². The Hall–Kier alpha value is -1.53. The Morgan fingerprint density at radius 2 is 1.95 bits per heavy atom. The van der Waals surface area contributed by atoms with Crippen LogP contribution in [0.4, 0.5) is 5.69 Å². The fourth-order valence-corrected chi connectivity index (χ4v) is 3.83. The molecule has 0 saturated carbocycles. The van der Waals surface area contributed by atoms with Gasteiger partial charge in [-0.1, -0.05) is 28.1 Å². The number of hydrogen-bond acceptors (Lipinski definition) is 3. The molecule has 0 saturated heterocycles. The Morgan fingerprint density at radius 1 is 1.18 bits per heavy atom. The Bertz CT molecular complexity index is 734. The number of halogens is 2. The van der Waals surface area contributed by atoms with E-state index in [0.29, 0.717) is 12.2 Å². The van der Waals surface area contributed by atoms with Crippen molar-refractivity contribution >= 4 is 43.5 Å². The van der Waals surface area contributed by atoms with E-state index in [9.17, 15) is 4.79 Å². The number of rotatable bonds is 3. The van der Waals surface area contributed by atoms with Crippen LogP contribution in [-0.2, 0) is 0 Å². The van der Waals surface area contributed by atoms with Crippen molar-refractivity contribution in [2.45, 2.75) is 13.1 Å². The summed E-state index contributed by atoms with van der Waals surface area (Å²) in [5.41, 5.74) is 2.33. The molecule has 114 valence electrons. The van der Waals surface area contributed by atoms with Crippen LogP contribution in [-0.4, -0.2) is 12.5 Å². The van der Waals surface area contributed by atoms with E-state index in [4.69, 9.17) is 4.74 Å². The number of carbonyl (C=O) groups excluding carboxylic acids is 1. The van der Waals surface area contributed by atoms with Crippen molar-refractivity contribution in [1.82, 2.24) is 5.32 Å². The monoisotopic (exact) mass is 424 g/mol. The molecule has 0 fully saturated rings. The SMILES string of the molecule is CCOc1c(Br)cc(Br)cc1C1NC(=O)c2ccccc2N1. The topological polar surface area (TPSA) is 50.4 Å². The fraction of sp³-hybridized carbons (Fsp3) is 0.188. The molecular weight excluding hydrogens is 412 g/mol. The van der Waals surface area contributed by atoms with Gasteiger partial charge in [-0.05, 0) is 47.1 Å². The largest absolute Gasteiger partial charge is 0.492 e. The van der Waals surface area contributed by atoms with Crippen LogP contribution in [0.1, 0.15) is 29.0 Å². The first kappa shape index (κ1) is 15.4. The number of benzene rings is 2. The summed E-state index contributed by atoms with van der Waals surface area (Å²) >= 11 is 7.00. The van der Waals surface area contributed by atoms with Gasteiger partial charge < -0.3 is 15.4 Å². The minimum absolute atomic E-state index is 0.0992. The maximum atomic E-state index is 12.3. The number of para-hydroxylation sites is 1. The summed E-state index contributed by atoms with van der Waals surface area (Å²) in [6.07, 6.45) is -0.349. The number of ether oxygens (including phenoxy) is 1. The summed E-state index contributed by atoms with van der Waals surface area (Å²) in [5.74, 6) is 0.626. The van der Waals surface area contributed by atoms with Crippen molar-refractivity contribution in [1.29, 1.82) is 0 Å². The molecular formula is C16H14Br2N2O2. The summed E-state index contributed by atoms with van der Waals surface area (Å²) < 4.78 is 7.49. The van der Waals surface area contributed by atoms with Crippen LogP contribution in [0.15, 0.2) is 45.3 Å². The Kier molecular flexibility index (Phi) is 4.40. The van der Waals surface area contributed by atoms with E-state index in [1.165, 1.54) is 0 Å². The zero-order valence-electron chi connectivity index (χ0n) is 11.8. The zero-order valence-corrected chi connectivity index (χ0v) is 15.0. The maximum absolute atomic E-state index is 12.3. The van der Waals surface area contributed by atoms with Crippen LogP contribution in [0, 0.1) is 0 Å². The third kappa shape index (κ3) is 2.85. The standard InChI is InChI=1S/C16H14Br2N2O2/c1-2-22-14-11(7-9(17)8-12(14)18)15-19-13-6-4-3-5-10(13)16(21)20-15/h3-8,15,19H,2H2,1H3,(H,20,21). The molecule has 0 aliphatic carbocycles. The van der Waals surface area contributed by atoms with Gasteiger partial charge in [0.25, 0.3) is 5.91 Å². The van der Waals surface area contributed by atoms with Gasteiger partial charge in [-0.15, -0.1) is 0 Å². The molecule has 2 aromatic carbocycles. The van der Waals surface area contributed by atoms with Gasteiger partial charge >= 0.3 is 0 Å². The lowest BCUT2D eigenvalue weighted by Crippen LogP contribution is -2.38. The van der Waals surface area contributed by atoms with Gasteiger partial charge in [0, 0.05) is 15.7 Å². The number of carbonyl (C=O) groups is 1. The Labute approximate surface area is 145 Å². The van der Waals surface area contributed by atoms with E-state index < -0.39 is 0 Å². The summed E-state index contributed by atoms with van der Waals surface area (Å²) in [7, 11) is 0. The molecule has 0 spiro atoms. The lowest BCUT2D eigenvalue weighted by molar-refractivity contribution is 0.0935. The molecule has 1 atom stereocenters. The van der Waals surface area contributed by atoms with Gasteiger partial charge in [0.05, 0.1) is 16.6 Å². The van der Waals surface area contributed by atoms with E-state index in [1.54, 1.807) is 6.07 Å². The highest BCUT2D eigenvalue weighted by atomic mass is 79.9. The average Bonchev–Trinajstić information content (AvgIpc) is 2.50. The minimum Gasteiger partial charge on any atom is -0.492 e. The van der Waals surface area contributed by atoms with Crippen molar-refractivity contribution in [3.63, 3.8) is 0 Å². The molecule has 0 radical (unpaired) electrons. The predicted octanol–water partition coefficient (Wildman–Crippen LogP) is 4.46. The lowest BCUT2D eigenvalue weighted by Gasteiger charge is -2.29. The van der Waals surface area contributed by atoms with Gasteiger partial charge in [0.1, 0.15) is 11.9 Å². The minimum atomic E-state index is -0.349. The van der Waals surface area contributed by atoms with Crippen LogP contribution < -0.4 is 15.4 Å². The second kappa shape index (κ2) is 6.30. The normalized spacial score (nSPS) is 16.5. The molecule has 1 heterocycles. The molecule has 1 aliphatic rings. The van der Waals surface area contributed by atoms with Crippen molar-refractivity contribution in [3.8, 4) is 5.75 Å². The van der Waals surface area contributed by atoms with E-state index in [-0.39, 0.29) is 12.1 Å². The van der Waals surface area contributed by atoms with Crippen LogP contribution in [0.25, 0.3) is 0 Å². The summed E-state index contributed by atoms with van der Waals surface area (Å²) in [4.78, 5) is 12.3. The summed E-state index contributed by atoms with van der Waals surface area (Å²) in [6, 6.07) is 11.3. The summed E-state index contributed by atoms with van der Waals surface area (Å²) in [6.45, 7) is 2.48. The molecule has 0 bridgehead atoms. The number of anilines is 1. The molecule has 4 nitrogen and oxygen atoms in total. The molecule has 0 aromatic heterocycles. The van der Waals surface area contributed by atoms with Gasteiger partial charge in [-0.3, -0.25) is 4.79 Å². The van der Waals surface area contributed by atoms with E-state index in [0.717, 1.165) is 25.9 Å². The average molecular weight is 426 g/mol. The highest BCUT2D eigenvalue weighted by Gasteiger charge is 2.27. The van der Waals surface area contributed by atoms with Crippen molar-refractivity contribution in [3.05, 3.63) is 56.5 Å². The molecule has 6 heteroatoms. The first-order valence-electron chi connectivity index (χ1n) is 6.88. The molecule has 2 N–H and O–H groups in total. The predicted molar refractivity (Wildman–Crippen MR) is 93.3 cm³/mol. The first-order chi connectivity index (χ1) is 10.6. The van der Waals surface area contributed by atoms with Gasteiger partial charge in [0.15, 0.2) is 0 Å². The third-order valence-electron chi connectivity index (χ3n) is 3.38. The number of hydrogen-bond donors (Lipinski definition) is 2. The number of fused-ring (bicyclic) bond motifs is 1. The highest BCUT2D eigenvalue weighted by molar-refractivity contribution is 9.11. The van der Waals surface area contributed by atoms with Gasteiger partial charge in [-0.25, -0.2) is 0 Å². The Morgan fingerprint density at radius 3 is 2.73 bits per heavy atom. The Balaban J connectivity index is 2.04. The number of amides is 1. The maximum Gasteiger partial charge on any atom is 0.255 e. The van der Waals surface area contributed by atoms with Crippen molar-refractivity contribution in [2.75, 3.05) is 11.9 Å². The molecule has 22 heavy (non-hydrogen) atoms. The van der Waals surface area contributed by atoms with Crippen LogP contribution in [0.2, 0.25) is 0 Å². The van der Waals surface area contributed by atoms with Crippen LogP contribution >= 0.6 is 31.9 Å². The smallest absolute Gasteiger partial charge is 0.255 e. The summed E-state index contributed by atoms with van der Waals surface area (Å²) in [5, 5.41) is 6.31.